The number of nitrogens with one attached hydrogen (secondary N) is 1. The lowest BCUT2D eigenvalue weighted by Gasteiger charge is -2.20. The second-order valence-corrected chi connectivity index (χ2v) is 5.41. The number of aromatic nitrogens is 1. The molecule has 5 nitrogen and oxygen atoms in total. The second-order valence-electron chi connectivity index (χ2n) is 5.41. The standard InChI is InChI=1S/C14H21N3O2/c1-10(2)17-7-6-12(9-17)15-14(19)11-4-5-13(18)16(3)8-11/h4-5,8,10,12H,6-7,9H2,1-3H3,(H,15,19). The Hall–Kier alpha value is -1.62. The molecule has 104 valence electrons. The molecule has 19 heavy (non-hydrogen) atoms. The fraction of sp³-hybridized carbons (Fsp3) is 0.571. The molecule has 1 amide bonds. The molecule has 1 aliphatic rings. The molecule has 0 saturated carbocycles. The van der Waals surface area contributed by atoms with E-state index >= 15 is 0 Å². The Morgan fingerprint density at radius 1 is 1.42 bits per heavy atom. The number of nitrogens with zero attached hydrogens (tertiary/aromatic N) is 2. The van der Waals surface area contributed by atoms with Crippen molar-refractivity contribution in [3.63, 3.8) is 0 Å². The van der Waals surface area contributed by atoms with Gasteiger partial charge in [-0.2, -0.15) is 0 Å². The summed E-state index contributed by atoms with van der Waals surface area (Å²) in [5, 5.41) is 3.03. The number of rotatable bonds is 3. The minimum absolute atomic E-state index is 0.105. The molecule has 0 spiro atoms. The van der Waals surface area contributed by atoms with Crippen LogP contribution in [0.15, 0.2) is 23.1 Å². The first-order chi connectivity index (χ1) is 8.97. The molecule has 0 bridgehead atoms. The highest BCUT2D eigenvalue weighted by Gasteiger charge is 2.25. The first-order valence-electron chi connectivity index (χ1n) is 6.69. The molecule has 1 aromatic rings. The topological polar surface area (TPSA) is 54.3 Å². The van der Waals surface area contributed by atoms with Gasteiger partial charge in [0, 0.05) is 44.5 Å². The first-order valence-corrected chi connectivity index (χ1v) is 6.69. The summed E-state index contributed by atoms with van der Waals surface area (Å²) in [6.45, 7) is 6.25. The average molecular weight is 263 g/mol. The maximum Gasteiger partial charge on any atom is 0.253 e. The predicted molar refractivity (Wildman–Crippen MR) is 74.3 cm³/mol. The Morgan fingerprint density at radius 2 is 2.16 bits per heavy atom. The van der Waals surface area contributed by atoms with Crippen LogP contribution in [-0.4, -0.2) is 40.5 Å². The fourth-order valence-electron chi connectivity index (χ4n) is 2.37. The van der Waals surface area contributed by atoms with Gasteiger partial charge < -0.3 is 9.88 Å². The predicted octanol–water partition coefficient (Wildman–Crippen LogP) is 0.598. The normalized spacial score (nSPS) is 19.9. The van der Waals surface area contributed by atoms with Gasteiger partial charge in [-0.05, 0) is 26.3 Å². The number of carbonyl (C=O) groups is 1. The third-order valence-corrected chi connectivity index (χ3v) is 3.63. The molecule has 1 fully saturated rings. The first kappa shape index (κ1) is 13.8. The van der Waals surface area contributed by atoms with Crippen LogP contribution in [0.3, 0.4) is 0 Å². The molecular weight excluding hydrogens is 242 g/mol. The Labute approximate surface area is 113 Å². The number of aryl methyl sites for hydroxylation is 1. The van der Waals surface area contributed by atoms with Crippen molar-refractivity contribution in [2.24, 2.45) is 7.05 Å². The average Bonchev–Trinajstić information content (AvgIpc) is 2.81. The number of hydrogen-bond acceptors (Lipinski definition) is 3. The number of likely N-dealkylation sites (tertiary alicyclic amines) is 1. The fourth-order valence-corrected chi connectivity index (χ4v) is 2.37. The van der Waals surface area contributed by atoms with Crippen molar-refractivity contribution < 1.29 is 4.79 Å². The highest BCUT2D eigenvalue weighted by atomic mass is 16.2. The maximum atomic E-state index is 12.1. The van der Waals surface area contributed by atoms with Gasteiger partial charge in [0.15, 0.2) is 0 Å². The summed E-state index contributed by atoms with van der Waals surface area (Å²) >= 11 is 0. The van der Waals surface area contributed by atoms with Gasteiger partial charge in [-0.15, -0.1) is 0 Å². The van der Waals surface area contributed by atoms with Gasteiger partial charge in [0.1, 0.15) is 0 Å². The third kappa shape index (κ3) is 3.23. The smallest absolute Gasteiger partial charge is 0.253 e. The molecule has 2 rings (SSSR count). The Bertz CT molecular complexity index is 522. The van der Waals surface area contributed by atoms with Crippen molar-refractivity contribution >= 4 is 5.91 Å². The lowest BCUT2D eigenvalue weighted by Crippen LogP contribution is -2.38. The molecule has 1 saturated heterocycles. The number of amides is 1. The third-order valence-electron chi connectivity index (χ3n) is 3.63. The monoisotopic (exact) mass is 263 g/mol. The van der Waals surface area contributed by atoms with E-state index < -0.39 is 0 Å². The summed E-state index contributed by atoms with van der Waals surface area (Å²) < 4.78 is 1.42. The van der Waals surface area contributed by atoms with Crippen LogP contribution >= 0.6 is 0 Å². The minimum Gasteiger partial charge on any atom is -0.348 e. The Kier molecular flexibility index (Phi) is 4.04. The van der Waals surface area contributed by atoms with Crippen molar-refractivity contribution in [2.75, 3.05) is 13.1 Å². The zero-order chi connectivity index (χ0) is 14.0. The molecular formula is C14H21N3O2. The van der Waals surface area contributed by atoms with Gasteiger partial charge in [0.2, 0.25) is 5.56 Å². The van der Waals surface area contributed by atoms with E-state index in [4.69, 9.17) is 0 Å². The largest absolute Gasteiger partial charge is 0.348 e. The van der Waals surface area contributed by atoms with E-state index in [1.165, 1.54) is 10.6 Å². The lowest BCUT2D eigenvalue weighted by molar-refractivity contribution is 0.0936. The van der Waals surface area contributed by atoms with Crippen molar-refractivity contribution in [1.29, 1.82) is 0 Å². The van der Waals surface area contributed by atoms with Crippen molar-refractivity contribution in [2.45, 2.75) is 32.4 Å². The van der Waals surface area contributed by atoms with E-state index in [1.54, 1.807) is 19.3 Å². The molecule has 1 aliphatic heterocycles. The molecule has 1 atom stereocenters. The van der Waals surface area contributed by atoms with Gasteiger partial charge in [0.05, 0.1) is 5.56 Å². The van der Waals surface area contributed by atoms with Crippen molar-refractivity contribution in [1.82, 2.24) is 14.8 Å². The molecule has 2 heterocycles. The summed E-state index contributed by atoms with van der Waals surface area (Å²) in [4.78, 5) is 25.7. The van der Waals surface area contributed by atoms with Gasteiger partial charge in [-0.25, -0.2) is 0 Å². The zero-order valence-corrected chi connectivity index (χ0v) is 11.7. The summed E-state index contributed by atoms with van der Waals surface area (Å²) in [6.07, 6.45) is 2.56. The maximum absolute atomic E-state index is 12.1. The van der Waals surface area contributed by atoms with Gasteiger partial charge >= 0.3 is 0 Å². The Morgan fingerprint density at radius 3 is 2.74 bits per heavy atom. The SMILES string of the molecule is CC(C)N1CCC(NC(=O)c2ccc(=O)n(C)c2)C1. The Balaban J connectivity index is 1.98. The van der Waals surface area contributed by atoms with E-state index in [1.807, 2.05) is 0 Å². The second kappa shape index (κ2) is 5.57. The summed E-state index contributed by atoms with van der Waals surface area (Å²) in [5.41, 5.74) is 0.425. The minimum atomic E-state index is -0.108. The summed E-state index contributed by atoms with van der Waals surface area (Å²) in [7, 11) is 1.65. The zero-order valence-electron chi connectivity index (χ0n) is 11.7. The van der Waals surface area contributed by atoms with Crippen LogP contribution in [-0.2, 0) is 7.05 Å². The van der Waals surface area contributed by atoms with Crippen LogP contribution in [0.25, 0.3) is 0 Å². The van der Waals surface area contributed by atoms with Gasteiger partial charge in [-0.3, -0.25) is 14.5 Å². The van der Waals surface area contributed by atoms with Gasteiger partial charge in [-0.1, -0.05) is 0 Å². The van der Waals surface area contributed by atoms with Crippen LogP contribution in [0, 0.1) is 0 Å². The summed E-state index contributed by atoms with van der Waals surface area (Å²) in [5.74, 6) is -0.105. The van der Waals surface area contributed by atoms with Crippen LogP contribution < -0.4 is 10.9 Å². The highest BCUT2D eigenvalue weighted by molar-refractivity contribution is 5.94. The van der Waals surface area contributed by atoms with E-state index in [2.05, 4.69) is 24.1 Å². The molecule has 0 aliphatic carbocycles. The molecule has 0 aromatic carbocycles. The molecule has 1 unspecified atom stereocenters. The number of pyridine rings is 1. The lowest BCUT2D eigenvalue weighted by atomic mass is 10.2. The van der Waals surface area contributed by atoms with Crippen LogP contribution in [0.4, 0.5) is 0 Å². The van der Waals surface area contributed by atoms with E-state index in [-0.39, 0.29) is 17.5 Å². The van der Waals surface area contributed by atoms with Crippen LogP contribution in [0.2, 0.25) is 0 Å². The van der Waals surface area contributed by atoms with Gasteiger partial charge in [0.25, 0.3) is 5.91 Å². The highest BCUT2D eigenvalue weighted by Crippen LogP contribution is 2.12. The van der Waals surface area contributed by atoms with Crippen molar-refractivity contribution in [3.8, 4) is 0 Å². The quantitative estimate of drug-likeness (QED) is 0.869. The van der Waals surface area contributed by atoms with Crippen LogP contribution in [0.1, 0.15) is 30.6 Å². The number of carbonyl (C=O) groups excluding carboxylic acids is 1. The van der Waals surface area contributed by atoms with E-state index in [0.717, 1.165) is 19.5 Å². The van der Waals surface area contributed by atoms with E-state index in [0.29, 0.717) is 11.6 Å². The van der Waals surface area contributed by atoms with Crippen LogP contribution in [0.5, 0.6) is 0 Å². The molecule has 1 aromatic heterocycles. The molecule has 1 N–H and O–H groups in total. The summed E-state index contributed by atoms with van der Waals surface area (Å²) in [6, 6.07) is 3.71. The van der Waals surface area contributed by atoms with E-state index in [9.17, 15) is 9.59 Å². The number of hydrogen-bond donors (Lipinski definition) is 1. The molecule has 0 radical (unpaired) electrons. The molecule has 5 heteroatoms. The van der Waals surface area contributed by atoms with Crippen molar-refractivity contribution in [3.05, 3.63) is 34.2 Å².